The summed E-state index contributed by atoms with van der Waals surface area (Å²) < 4.78 is 9.14. The van der Waals surface area contributed by atoms with E-state index in [0.717, 1.165) is 5.52 Å². The van der Waals surface area contributed by atoms with Crippen molar-refractivity contribution in [3.63, 3.8) is 0 Å². The van der Waals surface area contributed by atoms with Gasteiger partial charge >= 0.3 is 6.01 Å². The van der Waals surface area contributed by atoms with Gasteiger partial charge in [0.15, 0.2) is 17.0 Å². The van der Waals surface area contributed by atoms with Gasteiger partial charge in [-0.25, -0.2) is 19.5 Å². The van der Waals surface area contributed by atoms with Crippen LogP contribution in [0.25, 0.3) is 34.1 Å². The molecule has 156 valence electrons. The van der Waals surface area contributed by atoms with Crippen molar-refractivity contribution in [1.82, 2.24) is 39.3 Å². The molecule has 11 heteroatoms. The van der Waals surface area contributed by atoms with Crippen molar-refractivity contribution in [2.24, 2.45) is 0 Å². The predicted molar refractivity (Wildman–Crippen MR) is 118 cm³/mol. The van der Waals surface area contributed by atoms with E-state index in [0.29, 0.717) is 51.9 Å². The molecule has 0 amide bonds. The lowest BCUT2D eigenvalue weighted by Crippen LogP contribution is -2.05. The summed E-state index contributed by atoms with van der Waals surface area (Å²) in [7, 11) is 0. The first-order valence-corrected chi connectivity index (χ1v) is 9.78. The Morgan fingerprint density at radius 2 is 1.84 bits per heavy atom. The summed E-state index contributed by atoms with van der Waals surface area (Å²) in [5, 5.41) is 12.1. The van der Waals surface area contributed by atoms with Gasteiger partial charge in [-0.05, 0) is 31.2 Å². The van der Waals surface area contributed by atoms with Crippen LogP contribution in [-0.2, 0) is 0 Å². The Labute approximate surface area is 180 Å². The number of aryl methyl sites for hydroxylation is 1. The summed E-state index contributed by atoms with van der Waals surface area (Å²) in [5.74, 6) is 2.05. The van der Waals surface area contributed by atoms with Gasteiger partial charge in [-0.2, -0.15) is 19.9 Å². The highest BCUT2D eigenvalue weighted by Crippen LogP contribution is 2.31. The number of aromatic nitrogens is 8. The number of rotatable bonds is 4. The molecule has 6 rings (SSSR count). The van der Waals surface area contributed by atoms with E-state index in [4.69, 9.17) is 15.1 Å². The van der Waals surface area contributed by atoms with E-state index in [2.05, 4.69) is 30.5 Å². The Bertz CT molecular complexity index is 1540. The lowest BCUT2D eigenvalue weighted by atomic mass is 10.3. The first-order chi connectivity index (χ1) is 15.7. The fraction of sp³-hybridized carbons (Fsp3) is 0.0476. The first kappa shape index (κ1) is 18.0. The highest BCUT2D eigenvalue weighted by Gasteiger charge is 2.20. The zero-order valence-electron chi connectivity index (χ0n) is 16.8. The lowest BCUT2D eigenvalue weighted by molar-refractivity contribution is 0.546. The second-order valence-electron chi connectivity index (χ2n) is 7.05. The minimum Gasteiger partial charge on any atom is -0.422 e. The maximum absolute atomic E-state index is 5.98. The van der Waals surface area contributed by atoms with Gasteiger partial charge in [-0.3, -0.25) is 0 Å². The van der Waals surface area contributed by atoms with Crippen LogP contribution >= 0.6 is 0 Å². The number of imidazole rings is 1. The number of fused-ring (bicyclic) bond motifs is 2. The molecule has 32 heavy (non-hydrogen) atoms. The standard InChI is InChI=1S/C21H16N10O/c1-12-25-14(11-16(22)26-12)19-20(28-17-7-4-9-23-30(17)19)29-18-8-10-24-31(18)21-27-13-5-2-3-6-15(13)32-21/h2-11,29H,1H3,(H2,22,25,26). The highest BCUT2D eigenvalue weighted by molar-refractivity contribution is 5.78. The predicted octanol–water partition coefficient (Wildman–Crippen LogP) is 3.15. The molecular weight excluding hydrogens is 408 g/mol. The molecule has 0 aliphatic heterocycles. The van der Waals surface area contributed by atoms with Gasteiger partial charge in [0.1, 0.15) is 28.7 Å². The van der Waals surface area contributed by atoms with Crippen LogP contribution in [0, 0.1) is 6.92 Å². The molecular formula is C21H16N10O. The number of hydrogen-bond acceptors (Lipinski definition) is 9. The van der Waals surface area contributed by atoms with Gasteiger partial charge in [-0.1, -0.05) is 12.1 Å². The molecule has 0 spiro atoms. The first-order valence-electron chi connectivity index (χ1n) is 9.78. The quantitative estimate of drug-likeness (QED) is 0.437. The number of para-hydroxylation sites is 2. The average molecular weight is 424 g/mol. The maximum atomic E-state index is 5.98. The number of oxazole rings is 1. The normalized spacial score (nSPS) is 11.4. The minimum atomic E-state index is 0.337. The van der Waals surface area contributed by atoms with Crippen molar-refractivity contribution in [1.29, 1.82) is 0 Å². The smallest absolute Gasteiger partial charge is 0.325 e. The number of nitrogens with zero attached hydrogens (tertiary/aromatic N) is 8. The van der Waals surface area contributed by atoms with E-state index < -0.39 is 0 Å². The second kappa shape index (κ2) is 6.87. The van der Waals surface area contributed by atoms with Crippen molar-refractivity contribution >= 4 is 34.2 Å². The van der Waals surface area contributed by atoms with Crippen molar-refractivity contribution < 1.29 is 4.42 Å². The Hall–Kier alpha value is -4.80. The van der Waals surface area contributed by atoms with Gasteiger partial charge < -0.3 is 15.5 Å². The third kappa shape index (κ3) is 2.91. The molecule has 0 atom stereocenters. The van der Waals surface area contributed by atoms with E-state index in [1.165, 1.54) is 0 Å². The molecule has 5 aromatic heterocycles. The van der Waals surface area contributed by atoms with Gasteiger partial charge in [0, 0.05) is 18.3 Å². The number of nitrogens with two attached hydrogens (primary N) is 1. The third-order valence-corrected chi connectivity index (χ3v) is 4.85. The van der Waals surface area contributed by atoms with Gasteiger partial charge in [-0.15, -0.1) is 0 Å². The van der Waals surface area contributed by atoms with Gasteiger partial charge in [0.05, 0.1) is 11.9 Å². The van der Waals surface area contributed by atoms with Crippen molar-refractivity contribution in [2.75, 3.05) is 11.1 Å². The topological polar surface area (TPSA) is 138 Å². The Morgan fingerprint density at radius 1 is 0.938 bits per heavy atom. The van der Waals surface area contributed by atoms with Crippen LogP contribution in [0.15, 0.2) is 65.3 Å². The molecule has 0 radical (unpaired) electrons. The van der Waals surface area contributed by atoms with Crippen molar-refractivity contribution in [3.8, 4) is 17.4 Å². The molecule has 0 bridgehead atoms. The summed E-state index contributed by atoms with van der Waals surface area (Å²) in [6.07, 6.45) is 3.33. The van der Waals surface area contributed by atoms with Crippen molar-refractivity contribution in [3.05, 3.63) is 66.7 Å². The van der Waals surface area contributed by atoms with Crippen LogP contribution in [0.1, 0.15) is 5.82 Å². The summed E-state index contributed by atoms with van der Waals surface area (Å²) >= 11 is 0. The number of anilines is 3. The van der Waals surface area contributed by atoms with E-state index in [9.17, 15) is 0 Å². The Morgan fingerprint density at radius 3 is 2.72 bits per heavy atom. The lowest BCUT2D eigenvalue weighted by Gasteiger charge is -2.08. The highest BCUT2D eigenvalue weighted by atomic mass is 16.4. The van der Waals surface area contributed by atoms with Gasteiger partial charge in [0.2, 0.25) is 0 Å². The fourth-order valence-corrected chi connectivity index (χ4v) is 3.54. The summed E-state index contributed by atoms with van der Waals surface area (Å²) in [6.45, 7) is 1.78. The van der Waals surface area contributed by atoms with Crippen molar-refractivity contribution in [2.45, 2.75) is 6.92 Å². The zero-order chi connectivity index (χ0) is 21.7. The van der Waals surface area contributed by atoms with E-state index in [1.807, 2.05) is 36.4 Å². The van der Waals surface area contributed by atoms with Crippen LogP contribution < -0.4 is 11.1 Å². The summed E-state index contributed by atoms with van der Waals surface area (Å²) in [4.78, 5) is 17.9. The number of hydrogen-bond donors (Lipinski definition) is 2. The Kier molecular flexibility index (Phi) is 3.87. The monoisotopic (exact) mass is 424 g/mol. The van der Waals surface area contributed by atoms with Crippen LogP contribution in [0.3, 0.4) is 0 Å². The SMILES string of the molecule is Cc1nc(N)cc(-c2c(Nc3ccnn3-c3nc4ccccc4o3)nc3cccnn23)n1. The molecule has 1 aromatic carbocycles. The molecule has 0 aliphatic carbocycles. The molecule has 0 unspecified atom stereocenters. The molecule has 6 aromatic rings. The molecule has 0 saturated heterocycles. The molecule has 11 nitrogen and oxygen atoms in total. The van der Waals surface area contributed by atoms with Crippen LogP contribution in [-0.4, -0.2) is 39.3 Å². The second-order valence-corrected chi connectivity index (χ2v) is 7.05. The number of nitrogens with one attached hydrogen (secondary N) is 1. The van der Waals surface area contributed by atoms with E-state index >= 15 is 0 Å². The zero-order valence-corrected chi connectivity index (χ0v) is 16.8. The number of benzene rings is 1. The molecule has 0 aliphatic rings. The van der Waals surface area contributed by atoms with Crippen LogP contribution in [0.2, 0.25) is 0 Å². The van der Waals surface area contributed by atoms with E-state index in [1.54, 1.807) is 40.6 Å². The van der Waals surface area contributed by atoms with Crippen LogP contribution in [0.5, 0.6) is 0 Å². The minimum absolute atomic E-state index is 0.337. The molecule has 0 fully saturated rings. The molecule has 5 heterocycles. The fourth-order valence-electron chi connectivity index (χ4n) is 3.54. The maximum Gasteiger partial charge on any atom is 0.325 e. The average Bonchev–Trinajstić information content (AvgIpc) is 3.49. The molecule has 3 N–H and O–H groups in total. The number of nitrogen functional groups attached to an aromatic ring is 1. The van der Waals surface area contributed by atoms with Crippen LogP contribution in [0.4, 0.5) is 17.5 Å². The Balaban J connectivity index is 1.49. The summed E-state index contributed by atoms with van der Waals surface area (Å²) in [6, 6.07) is 15.0. The summed E-state index contributed by atoms with van der Waals surface area (Å²) in [5.41, 5.74) is 9.28. The molecule has 0 saturated carbocycles. The van der Waals surface area contributed by atoms with E-state index in [-0.39, 0.29) is 0 Å². The largest absolute Gasteiger partial charge is 0.422 e. The third-order valence-electron chi connectivity index (χ3n) is 4.85. The van der Waals surface area contributed by atoms with Gasteiger partial charge in [0.25, 0.3) is 0 Å².